The van der Waals surface area contributed by atoms with E-state index in [9.17, 15) is 4.39 Å². The topological polar surface area (TPSA) is 12.0 Å². The van der Waals surface area contributed by atoms with Gasteiger partial charge in [-0.25, -0.2) is 4.39 Å². The molecule has 2 atom stereocenters. The van der Waals surface area contributed by atoms with Gasteiger partial charge in [0.15, 0.2) is 0 Å². The van der Waals surface area contributed by atoms with Gasteiger partial charge in [-0.1, -0.05) is 54.9 Å². The van der Waals surface area contributed by atoms with Crippen LogP contribution < -0.4 is 5.32 Å². The average molecular weight is 304 g/mol. The second kappa shape index (κ2) is 6.17. The molecule has 1 aliphatic rings. The van der Waals surface area contributed by atoms with Crippen LogP contribution in [0.15, 0.2) is 42.5 Å². The van der Waals surface area contributed by atoms with Crippen LogP contribution in [0.1, 0.15) is 29.5 Å². The molecule has 3 rings (SSSR count). The summed E-state index contributed by atoms with van der Waals surface area (Å²) in [7, 11) is 0. The predicted molar refractivity (Wildman–Crippen MR) is 85.5 cm³/mol. The third-order valence-electron chi connectivity index (χ3n) is 4.32. The van der Waals surface area contributed by atoms with Crippen LogP contribution in [0.3, 0.4) is 0 Å². The van der Waals surface area contributed by atoms with Gasteiger partial charge >= 0.3 is 0 Å². The van der Waals surface area contributed by atoms with Crippen molar-refractivity contribution in [3.8, 4) is 0 Å². The van der Waals surface area contributed by atoms with Crippen LogP contribution in [-0.2, 0) is 12.8 Å². The molecule has 0 heterocycles. The molecule has 0 aliphatic heterocycles. The molecule has 0 saturated heterocycles. The number of hydrogen-bond acceptors (Lipinski definition) is 1. The van der Waals surface area contributed by atoms with Crippen molar-refractivity contribution >= 4 is 11.6 Å². The van der Waals surface area contributed by atoms with Crippen molar-refractivity contribution in [2.75, 3.05) is 6.54 Å². The summed E-state index contributed by atoms with van der Waals surface area (Å²) in [5, 5.41) is 3.72. The predicted octanol–water partition coefficient (Wildman–Crippen LogP) is 4.34. The van der Waals surface area contributed by atoms with E-state index in [1.54, 1.807) is 6.07 Å². The maximum Gasteiger partial charge on any atom is 0.145 e. The van der Waals surface area contributed by atoms with Crippen LogP contribution in [0, 0.1) is 5.82 Å². The minimum Gasteiger partial charge on any atom is -0.313 e. The molecule has 0 spiro atoms. The van der Waals surface area contributed by atoms with E-state index < -0.39 is 0 Å². The number of rotatable bonds is 5. The van der Waals surface area contributed by atoms with Crippen LogP contribution in [0.2, 0.25) is 5.02 Å². The molecule has 1 aliphatic carbocycles. The number of nitrogens with one attached hydrogen (secondary N) is 1. The normalized spacial score (nSPS) is 18.0. The highest BCUT2D eigenvalue weighted by Gasteiger charge is 2.32. The minimum absolute atomic E-state index is 0.205. The number of hydrogen-bond donors (Lipinski definition) is 1. The minimum atomic E-state index is -0.283. The third kappa shape index (κ3) is 2.83. The second-order valence-corrected chi connectivity index (χ2v) is 6.00. The summed E-state index contributed by atoms with van der Waals surface area (Å²) in [4.78, 5) is 0. The second-order valence-electron chi connectivity index (χ2n) is 5.59. The van der Waals surface area contributed by atoms with Gasteiger partial charge in [0.25, 0.3) is 0 Å². The molecule has 3 heteroatoms. The molecule has 21 heavy (non-hydrogen) atoms. The summed E-state index contributed by atoms with van der Waals surface area (Å²) in [6.07, 6.45) is 1.73. The Balaban J connectivity index is 1.82. The quantitative estimate of drug-likeness (QED) is 0.866. The molecule has 0 bridgehead atoms. The highest BCUT2D eigenvalue weighted by Crippen LogP contribution is 2.38. The van der Waals surface area contributed by atoms with Crippen molar-refractivity contribution in [1.82, 2.24) is 5.32 Å². The zero-order chi connectivity index (χ0) is 14.8. The summed E-state index contributed by atoms with van der Waals surface area (Å²) in [5.41, 5.74) is 3.50. The first-order chi connectivity index (χ1) is 10.2. The van der Waals surface area contributed by atoms with Crippen molar-refractivity contribution in [3.63, 3.8) is 0 Å². The van der Waals surface area contributed by atoms with Gasteiger partial charge in [0.1, 0.15) is 5.82 Å². The molecule has 2 aromatic carbocycles. The molecule has 0 fully saturated rings. The standard InChI is InChI=1S/C18H19ClFN/c1-2-21-17(11-13-7-5-9-16(19)18(13)20)15-10-12-6-3-4-8-14(12)15/h3-9,15,17,21H,2,10-11H2,1H3. The maximum atomic E-state index is 14.1. The van der Waals surface area contributed by atoms with E-state index in [2.05, 4.69) is 36.5 Å². The largest absolute Gasteiger partial charge is 0.313 e. The Morgan fingerprint density at radius 1 is 1.24 bits per heavy atom. The number of fused-ring (bicyclic) bond motifs is 1. The van der Waals surface area contributed by atoms with Crippen molar-refractivity contribution in [1.29, 1.82) is 0 Å². The number of likely N-dealkylation sites (N-methyl/N-ethyl adjacent to an activating group) is 1. The maximum absolute atomic E-state index is 14.1. The van der Waals surface area contributed by atoms with E-state index in [4.69, 9.17) is 11.6 Å². The van der Waals surface area contributed by atoms with Crippen LogP contribution in [-0.4, -0.2) is 12.6 Å². The molecule has 2 unspecified atom stereocenters. The molecular weight excluding hydrogens is 285 g/mol. The van der Waals surface area contributed by atoms with E-state index >= 15 is 0 Å². The van der Waals surface area contributed by atoms with E-state index in [1.165, 1.54) is 11.1 Å². The van der Waals surface area contributed by atoms with E-state index in [0.717, 1.165) is 13.0 Å². The Morgan fingerprint density at radius 3 is 2.81 bits per heavy atom. The Hall–Kier alpha value is -1.38. The van der Waals surface area contributed by atoms with Gasteiger partial charge in [0.05, 0.1) is 5.02 Å². The van der Waals surface area contributed by atoms with E-state index in [0.29, 0.717) is 17.9 Å². The Bertz CT molecular complexity index is 641. The zero-order valence-corrected chi connectivity index (χ0v) is 12.8. The van der Waals surface area contributed by atoms with Gasteiger partial charge in [0.2, 0.25) is 0 Å². The van der Waals surface area contributed by atoms with Crippen LogP contribution in [0.25, 0.3) is 0 Å². The first-order valence-electron chi connectivity index (χ1n) is 7.44. The highest BCUT2D eigenvalue weighted by atomic mass is 35.5. The molecule has 0 radical (unpaired) electrons. The zero-order valence-electron chi connectivity index (χ0n) is 12.1. The lowest BCUT2D eigenvalue weighted by Gasteiger charge is -2.37. The molecule has 1 nitrogen and oxygen atoms in total. The van der Waals surface area contributed by atoms with Crippen molar-refractivity contribution < 1.29 is 4.39 Å². The van der Waals surface area contributed by atoms with Gasteiger partial charge in [0, 0.05) is 12.0 Å². The molecule has 2 aromatic rings. The molecule has 0 amide bonds. The van der Waals surface area contributed by atoms with Crippen LogP contribution in [0.4, 0.5) is 4.39 Å². The fourth-order valence-electron chi connectivity index (χ4n) is 3.22. The van der Waals surface area contributed by atoms with Crippen molar-refractivity contribution in [2.45, 2.75) is 31.7 Å². The Morgan fingerprint density at radius 2 is 2.05 bits per heavy atom. The van der Waals surface area contributed by atoms with Crippen molar-refractivity contribution in [3.05, 3.63) is 70.0 Å². The fraction of sp³-hybridized carbons (Fsp3) is 0.333. The highest BCUT2D eigenvalue weighted by molar-refractivity contribution is 6.30. The monoisotopic (exact) mass is 303 g/mol. The molecule has 0 saturated carbocycles. The van der Waals surface area contributed by atoms with E-state index in [-0.39, 0.29) is 16.9 Å². The lowest BCUT2D eigenvalue weighted by Crippen LogP contribution is -2.41. The average Bonchev–Trinajstić information content (AvgIpc) is 2.45. The summed E-state index contributed by atoms with van der Waals surface area (Å²) in [6.45, 7) is 2.97. The van der Waals surface area contributed by atoms with Gasteiger partial charge in [-0.15, -0.1) is 0 Å². The van der Waals surface area contributed by atoms with Crippen molar-refractivity contribution in [2.24, 2.45) is 0 Å². The molecule has 1 N–H and O–H groups in total. The third-order valence-corrected chi connectivity index (χ3v) is 4.61. The molecular formula is C18H19ClFN. The summed E-state index contributed by atoms with van der Waals surface area (Å²) >= 11 is 5.89. The SMILES string of the molecule is CCNC(Cc1cccc(Cl)c1F)C1Cc2ccccc21. The van der Waals surface area contributed by atoms with Crippen LogP contribution in [0.5, 0.6) is 0 Å². The lowest BCUT2D eigenvalue weighted by atomic mass is 9.72. The first-order valence-corrected chi connectivity index (χ1v) is 7.82. The van der Waals surface area contributed by atoms with Crippen LogP contribution >= 0.6 is 11.6 Å². The number of benzene rings is 2. The first kappa shape index (κ1) is 14.6. The summed E-state index contributed by atoms with van der Waals surface area (Å²) in [5.74, 6) is 0.175. The van der Waals surface area contributed by atoms with Gasteiger partial charge in [-0.05, 0) is 42.1 Å². The molecule has 110 valence electrons. The Kier molecular flexibility index (Phi) is 4.27. The fourth-order valence-corrected chi connectivity index (χ4v) is 3.41. The number of halogens is 2. The summed E-state index contributed by atoms with van der Waals surface area (Å²) < 4.78 is 14.1. The van der Waals surface area contributed by atoms with Gasteiger partial charge < -0.3 is 5.32 Å². The van der Waals surface area contributed by atoms with Gasteiger partial charge in [-0.3, -0.25) is 0 Å². The smallest absolute Gasteiger partial charge is 0.145 e. The van der Waals surface area contributed by atoms with Gasteiger partial charge in [-0.2, -0.15) is 0 Å². The Labute approximate surface area is 130 Å². The summed E-state index contributed by atoms with van der Waals surface area (Å²) in [6, 6.07) is 14.0. The molecule has 0 aromatic heterocycles. The lowest BCUT2D eigenvalue weighted by molar-refractivity contribution is 0.400. The van der Waals surface area contributed by atoms with E-state index in [1.807, 2.05) is 12.1 Å².